The maximum atomic E-state index is 5.93. The fourth-order valence-electron chi connectivity index (χ4n) is 4.77. The van der Waals surface area contributed by atoms with E-state index in [2.05, 4.69) is 26.0 Å². The van der Waals surface area contributed by atoms with E-state index in [1.807, 2.05) is 0 Å². The Labute approximate surface area is 151 Å². The van der Waals surface area contributed by atoms with Crippen LogP contribution in [0.3, 0.4) is 0 Å². The molecule has 2 aliphatic carbocycles. The zero-order valence-corrected chi connectivity index (χ0v) is 16.5. The summed E-state index contributed by atoms with van der Waals surface area (Å²) in [6.07, 6.45) is 24.9. The Morgan fingerprint density at radius 1 is 0.708 bits per heavy atom. The van der Waals surface area contributed by atoms with Crippen molar-refractivity contribution in [3.8, 4) is 0 Å². The molecule has 0 N–H and O–H groups in total. The molecule has 140 valence electrons. The van der Waals surface area contributed by atoms with Crippen LogP contribution in [-0.2, 0) is 4.74 Å². The molecular formula is C23H42O. The van der Waals surface area contributed by atoms with Gasteiger partial charge < -0.3 is 4.74 Å². The van der Waals surface area contributed by atoms with Gasteiger partial charge in [0.15, 0.2) is 0 Å². The van der Waals surface area contributed by atoms with E-state index in [0.717, 1.165) is 30.8 Å². The summed E-state index contributed by atoms with van der Waals surface area (Å²) < 4.78 is 5.93. The first-order valence-electron chi connectivity index (χ1n) is 11.1. The van der Waals surface area contributed by atoms with E-state index in [0.29, 0.717) is 6.10 Å². The van der Waals surface area contributed by atoms with Crippen molar-refractivity contribution in [1.82, 2.24) is 0 Å². The molecule has 0 aromatic heterocycles. The zero-order chi connectivity index (χ0) is 17.0. The Hall–Kier alpha value is -0.300. The fourth-order valence-corrected chi connectivity index (χ4v) is 4.77. The lowest BCUT2D eigenvalue weighted by Gasteiger charge is -2.32. The van der Waals surface area contributed by atoms with Crippen LogP contribution in [-0.4, -0.2) is 12.7 Å². The summed E-state index contributed by atoms with van der Waals surface area (Å²) in [6.45, 7) is 5.40. The third-order valence-electron chi connectivity index (χ3n) is 6.44. The number of ether oxygens (including phenoxy) is 1. The van der Waals surface area contributed by atoms with Crippen molar-refractivity contribution < 1.29 is 4.74 Å². The van der Waals surface area contributed by atoms with Gasteiger partial charge in [-0.3, -0.25) is 0 Å². The normalized spacial score (nSPS) is 31.6. The highest BCUT2D eigenvalue weighted by molar-refractivity contribution is 4.82. The Morgan fingerprint density at radius 3 is 1.79 bits per heavy atom. The molecule has 2 fully saturated rings. The Morgan fingerprint density at radius 2 is 1.25 bits per heavy atom. The molecular weight excluding hydrogens is 292 g/mol. The topological polar surface area (TPSA) is 9.23 Å². The van der Waals surface area contributed by atoms with Crippen LogP contribution < -0.4 is 0 Å². The summed E-state index contributed by atoms with van der Waals surface area (Å²) >= 11 is 0. The summed E-state index contributed by atoms with van der Waals surface area (Å²) in [5.74, 6) is 3.07. The molecule has 1 heteroatoms. The first-order chi connectivity index (χ1) is 11.8. The van der Waals surface area contributed by atoms with E-state index in [4.69, 9.17) is 4.74 Å². The van der Waals surface area contributed by atoms with Gasteiger partial charge in [-0.05, 0) is 69.1 Å². The van der Waals surface area contributed by atoms with E-state index in [1.165, 1.54) is 83.5 Å². The zero-order valence-electron chi connectivity index (χ0n) is 16.5. The van der Waals surface area contributed by atoms with Crippen LogP contribution in [0.1, 0.15) is 104 Å². The van der Waals surface area contributed by atoms with Gasteiger partial charge in [0.2, 0.25) is 0 Å². The van der Waals surface area contributed by atoms with Crippen molar-refractivity contribution >= 4 is 0 Å². The first kappa shape index (κ1) is 20.0. The molecule has 0 amide bonds. The van der Waals surface area contributed by atoms with Crippen molar-refractivity contribution in [2.75, 3.05) is 6.61 Å². The Balaban J connectivity index is 1.51. The van der Waals surface area contributed by atoms with Crippen molar-refractivity contribution in [2.45, 2.75) is 110 Å². The molecule has 0 unspecified atom stereocenters. The lowest BCUT2D eigenvalue weighted by molar-refractivity contribution is 0.0168. The minimum Gasteiger partial charge on any atom is -0.378 e. The molecule has 0 radical (unpaired) electrons. The molecule has 2 saturated carbocycles. The number of hydrogen-bond donors (Lipinski definition) is 0. The molecule has 24 heavy (non-hydrogen) atoms. The molecule has 0 heterocycles. The monoisotopic (exact) mass is 334 g/mol. The van der Waals surface area contributed by atoms with Crippen molar-refractivity contribution in [2.24, 2.45) is 17.8 Å². The third-order valence-corrected chi connectivity index (χ3v) is 6.44. The average molecular weight is 335 g/mol. The lowest BCUT2D eigenvalue weighted by atomic mass is 9.76. The minimum absolute atomic E-state index is 0.582. The highest BCUT2D eigenvalue weighted by Crippen LogP contribution is 2.37. The van der Waals surface area contributed by atoms with Crippen LogP contribution in [0.15, 0.2) is 12.2 Å². The molecule has 0 aromatic rings. The highest BCUT2D eigenvalue weighted by atomic mass is 16.5. The molecule has 0 saturated heterocycles. The highest BCUT2D eigenvalue weighted by Gasteiger charge is 2.24. The van der Waals surface area contributed by atoms with Gasteiger partial charge in [0.1, 0.15) is 0 Å². The van der Waals surface area contributed by atoms with Gasteiger partial charge in [0.05, 0.1) is 6.10 Å². The van der Waals surface area contributed by atoms with Crippen LogP contribution in [0.4, 0.5) is 0 Å². The van der Waals surface area contributed by atoms with Gasteiger partial charge in [-0.15, -0.1) is 0 Å². The molecule has 2 aliphatic rings. The molecule has 0 aliphatic heterocycles. The predicted molar refractivity (Wildman–Crippen MR) is 105 cm³/mol. The second-order valence-corrected chi connectivity index (χ2v) is 8.43. The van der Waals surface area contributed by atoms with Gasteiger partial charge in [-0.1, -0.05) is 64.5 Å². The first-order valence-corrected chi connectivity index (χ1v) is 11.1. The molecule has 1 nitrogen and oxygen atoms in total. The average Bonchev–Trinajstić information content (AvgIpc) is 2.64. The van der Waals surface area contributed by atoms with Crippen molar-refractivity contribution in [1.29, 1.82) is 0 Å². The summed E-state index contributed by atoms with van der Waals surface area (Å²) in [5.41, 5.74) is 0. The summed E-state index contributed by atoms with van der Waals surface area (Å²) in [5, 5.41) is 0. The molecule has 0 aromatic carbocycles. The second-order valence-electron chi connectivity index (χ2n) is 8.43. The number of rotatable bonds is 10. The molecule has 0 bridgehead atoms. The van der Waals surface area contributed by atoms with Crippen LogP contribution in [0.5, 0.6) is 0 Å². The number of allylic oxidation sites excluding steroid dienone is 2. The van der Waals surface area contributed by atoms with Gasteiger partial charge in [-0.2, -0.15) is 0 Å². The maximum absolute atomic E-state index is 5.93. The molecule has 0 spiro atoms. The fraction of sp³-hybridized carbons (Fsp3) is 0.913. The largest absolute Gasteiger partial charge is 0.378 e. The third kappa shape index (κ3) is 7.72. The van der Waals surface area contributed by atoms with Gasteiger partial charge in [-0.25, -0.2) is 0 Å². The van der Waals surface area contributed by atoms with E-state index in [1.54, 1.807) is 0 Å². The molecule has 2 rings (SSSR count). The number of hydrogen-bond acceptors (Lipinski definition) is 1. The van der Waals surface area contributed by atoms with Crippen LogP contribution in [0, 0.1) is 17.8 Å². The minimum atomic E-state index is 0.582. The lowest BCUT2D eigenvalue weighted by Crippen LogP contribution is -2.23. The maximum Gasteiger partial charge on any atom is 0.0575 e. The molecule has 0 atom stereocenters. The van der Waals surface area contributed by atoms with Crippen LogP contribution >= 0.6 is 0 Å². The summed E-state index contributed by atoms with van der Waals surface area (Å²) in [4.78, 5) is 0. The van der Waals surface area contributed by atoms with Crippen LogP contribution in [0.2, 0.25) is 0 Å². The Bertz CT molecular complexity index is 319. The van der Waals surface area contributed by atoms with Gasteiger partial charge in [0, 0.05) is 6.61 Å². The second kappa shape index (κ2) is 12.1. The SMILES string of the molecule is CC/C=C/CC[C@H]1CC[C@H](CC[C@H]2CC[C@H](OCCC)CC2)CC1. The summed E-state index contributed by atoms with van der Waals surface area (Å²) in [7, 11) is 0. The van der Waals surface area contributed by atoms with E-state index < -0.39 is 0 Å². The van der Waals surface area contributed by atoms with Gasteiger partial charge >= 0.3 is 0 Å². The van der Waals surface area contributed by atoms with Crippen molar-refractivity contribution in [3.63, 3.8) is 0 Å². The van der Waals surface area contributed by atoms with Gasteiger partial charge in [0.25, 0.3) is 0 Å². The van der Waals surface area contributed by atoms with Crippen LogP contribution in [0.25, 0.3) is 0 Å². The van der Waals surface area contributed by atoms with E-state index >= 15 is 0 Å². The standard InChI is InChI=1S/C23H42O/c1-3-5-6-7-8-20-9-11-21(12-10-20)13-14-22-15-17-23(18-16-22)24-19-4-2/h5-6,20-23H,3-4,7-19H2,1-2H3/b6-5+/t20-,21-,22-,23-. The van der Waals surface area contributed by atoms with Crippen molar-refractivity contribution in [3.05, 3.63) is 12.2 Å². The van der Waals surface area contributed by atoms with E-state index in [9.17, 15) is 0 Å². The smallest absolute Gasteiger partial charge is 0.0575 e. The quantitative estimate of drug-likeness (QED) is 0.381. The van der Waals surface area contributed by atoms with E-state index in [-0.39, 0.29) is 0 Å². The predicted octanol–water partition coefficient (Wildman–Crippen LogP) is 7.30. The summed E-state index contributed by atoms with van der Waals surface area (Å²) in [6, 6.07) is 0. The Kier molecular flexibility index (Phi) is 10.1.